The van der Waals surface area contributed by atoms with E-state index in [1.54, 1.807) is 0 Å². The van der Waals surface area contributed by atoms with Crippen molar-refractivity contribution in [1.82, 2.24) is 0 Å². The van der Waals surface area contributed by atoms with Gasteiger partial charge in [-0.15, -0.1) is 0 Å². The molecule has 1 saturated carbocycles. The second-order valence-electron chi connectivity index (χ2n) is 6.92. The van der Waals surface area contributed by atoms with Crippen LogP contribution in [0.3, 0.4) is 0 Å². The molecule has 94 valence electrons. The minimum Gasteiger partial charge on any atom is -0.375 e. The second kappa shape index (κ2) is 4.33. The fourth-order valence-corrected chi connectivity index (χ4v) is 3.63. The zero-order valence-corrected chi connectivity index (χ0v) is 11.5. The van der Waals surface area contributed by atoms with E-state index in [1.807, 2.05) is 0 Å². The first-order chi connectivity index (χ1) is 7.47. The summed E-state index contributed by atoms with van der Waals surface area (Å²) in [7, 11) is 0. The van der Waals surface area contributed by atoms with Crippen LogP contribution in [0.2, 0.25) is 0 Å². The van der Waals surface area contributed by atoms with E-state index < -0.39 is 0 Å². The van der Waals surface area contributed by atoms with Crippen molar-refractivity contribution < 1.29 is 4.74 Å². The molecule has 2 rings (SSSR count). The lowest BCUT2D eigenvalue weighted by molar-refractivity contribution is -0.0487. The topological polar surface area (TPSA) is 9.23 Å². The summed E-state index contributed by atoms with van der Waals surface area (Å²) in [6.07, 6.45) is 8.01. The molecule has 0 aromatic heterocycles. The third-order valence-electron chi connectivity index (χ3n) is 5.31. The molecule has 1 atom stereocenters. The Morgan fingerprint density at radius 2 is 1.88 bits per heavy atom. The van der Waals surface area contributed by atoms with Crippen LogP contribution >= 0.6 is 0 Å². The fourth-order valence-electron chi connectivity index (χ4n) is 3.63. The van der Waals surface area contributed by atoms with E-state index in [0.717, 1.165) is 18.4 Å². The molecule has 2 aliphatic rings. The highest BCUT2D eigenvalue weighted by Crippen LogP contribution is 2.48. The summed E-state index contributed by atoms with van der Waals surface area (Å²) in [6.45, 7) is 10.5. The molecule has 0 bridgehead atoms. The average molecular weight is 224 g/mol. The molecule has 16 heavy (non-hydrogen) atoms. The first kappa shape index (κ1) is 12.4. The van der Waals surface area contributed by atoms with Gasteiger partial charge in [0.1, 0.15) is 0 Å². The molecule has 1 spiro atoms. The quantitative estimate of drug-likeness (QED) is 0.675. The Kier molecular flexibility index (Phi) is 3.36. The van der Waals surface area contributed by atoms with Crippen molar-refractivity contribution in [2.45, 2.75) is 71.8 Å². The van der Waals surface area contributed by atoms with E-state index in [-0.39, 0.29) is 0 Å². The molecular formula is C15H28O. The van der Waals surface area contributed by atoms with Crippen LogP contribution < -0.4 is 0 Å². The molecule has 0 aromatic rings. The van der Waals surface area contributed by atoms with Crippen molar-refractivity contribution in [1.29, 1.82) is 0 Å². The minimum absolute atomic E-state index is 0.291. The minimum atomic E-state index is 0.291. The molecule has 1 saturated heterocycles. The Labute approximate surface area is 101 Å². The molecule has 2 fully saturated rings. The largest absolute Gasteiger partial charge is 0.375 e. The molecule has 1 aliphatic carbocycles. The summed E-state index contributed by atoms with van der Waals surface area (Å²) >= 11 is 0. The zero-order chi connectivity index (χ0) is 11.8. The van der Waals surface area contributed by atoms with Gasteiger partial charge in [-0.25, -0.2) is 0 Å². The lowest BCUT2D eigenvalue weighted by Gasteiger charge is -2.43. The monoisotopic (exact) mass is 224 g/mol. The Hall–Kier alpha value is -0.0400. The van der Waals surface area contributed by atoms with Gasteiger partial charge in [0.2, 0.25) is 0 Å². The van der Waals surface area contributed by atoms with E-state index in [0.29, 0.717) is 11.0 Å². The lowest BCUT2D eigenvalue weighted by atomic mass is 9.66. The van der Waals surface area contributed by atoms with Gasteiger partial charge in [0.25, 0.3) is 0 Å². The number of hydrogen-bond acceptors (Lipinski definition) is 1. The van der Waals surface area contributed by atoms with Crippen molar-refractivity contribution in [2.24, 2.45) is 17.3 Å². The van der Waals surface area contributed by atoms with E-state index in [4.69, 9.17) is 4.74 Å². The highest BCUT2D eigenvalue weighted by atomic mass is 16.5. The average Bonchev–Trinajstić information content (AvgIpc) is 2.61. The van der Waals surface area contributed by atoms with Gasteiger partial charge in [0.05, 0.1) is 5.60 Å². The summed E-state index contributed by atoms with van der Waals surface area (Å²) in [5.74, 6) is 1.71. The van der Waals surface area contributed by atoms with Crippen LogP contribution in [-0.4, -0.2) is 12.2 Å². The maximum Gasteiger partial charge on any atom is 0.0686 e. The van der Waals surface area contributed by atoms with Gasteiger partial charge >= 0.3 is 0 Å². The van der Waals surface area contributed by atoms with Gasteiger partial charge in [0.15, 0.2) is 0 Å². The third kappa shape index (κ3) is 2.30. The van der Waals surface area contributed by atoms with E-state index >= 15 is 0 Å². The molecule has 1 heteroatoms. The molecule has 0 radical (unpaired) electrons. The highest BCUT2D eigenvalue weighted by molar-refractivity contribution is 4.94. The predicted octanol–water partition coefficient (Wildman–Crippen LogP) is 4.41. The standard InChI is InChI=1S/C15H28O/c1-5-14(3,4)13-6-8-15(9-7-13)10-12(2)11-16-15/h12-13H,5-11H2,1-4H3. The molecule has 0 aromatic carbocycles. The summed E-state index contributed by atoms with van der Waals surface area (Å²) < 4.78 is 6.09. The SMILES string of the molecule is CCC(C)(C)C1CCC2(CC1)CC(C)CO2. The van der Waals surface area contributed by atoms with Gasteiger partial charge in [-0.1, -0.05) is 34.1 Å². The Bertz CT molecular complexity index is 236. The maximum atomic E-state index is 6.09. The normalized spacial score (nSPS) is 40.5. The molecular weight excluding hydrogens is 196 g/mol. The smallest absolute Gasteiger partial charge is 0.0686 e. The lowest BCUT2D eigenvalue weighted by Crippen LogP contribution is -2.37. The molecule has 1 heterocycles. The number of hydrogen-bond donors (Lipinski definition) is 0. The van der Waals surface area contributed by atoms with Crippen LogP contribution in [-0.2, 0) is 4.74 Å². The Morgan fingerprint density at radius 3 is 2.31 bits per heavy atom. The third-order valence-corrected chi connectivity index (χ3v) is 5.31. The van der Waals surface area contributed by atoms with Crippen LogP contribution in [0, 0.1) is 17.3 Å². The van der Waals surface area contributed by atoms with E-state index in [2.05, 4.69) is 27.7 Å². The molecule has 1 nitrogen and oxygen atoms in total. The van der Waals surface area contributed by atoms with Gasteiger partial charge in [-0.3, -0.25) is 0 Å². The first-order valence-corrected chi connectivity index (χ1v) is 7.11. The van der Waals surface area contributed by atoms with Crippen molar-refractivity contribution in [3.63, 3.8) is 0 Å². The number of rotatable bonds is 2. The molecule has 0 amide bonds. The summed E-state index contributed by atoms with van der Waals surface area (Å²) in [4.78, 5) is 0. The van der Waals surface area contributed by atoms with Crippen molar-refractivity contribution in [3.05, 3.63) is 0 Å². The van der Waals surface area contributed by atoms with Crippen LogP contribution in [0.1, 0.15) is 66.2 Å². The van der Waals surface area contributed by atoms with E-state index in [1.165, 1.54) is 38.5 Å². The van der Waals surface area contributed by atoms with E-state index in [9.17, 15) is 0 Å². The number of ether oxygens (including phenoxy) is 1. The van der Waals surface area contributed by atoms with Gasteiger partial charge in [-0.05, 0) is 49.4 Å². The highest BCUT2D eigenvalue weighted by Gasteiger charge is 2.43. The fraction of sp³-hybridized carbons (Fsp3) is 1.00. The Morgan fingerprint density at radius 1 is 1.25 bits per heavy atom. The molecule has 1 aliphatic heterocycles. The molecule has 0 N–H and O–H groups in total. The first-order valence-electron chi connectivity index (χ1n) is 7.11. The summed E-state index contributed by atoms with van der Waals surface area (Å²) in [5, 5.41) is 0. The maximum absolute atomic E-state index is 6.09. The Balaban J connectivity index is 1.92. The zero-order valence-electron chi connectivity index (χ0n) is 11.5. The van der Waals surface area contributed by atoms with Crippen molar-refractivity contribution in [2.75, 3.05) is 6.61 Å². The van der Waals surface area contributed by atoms with Crippen molar-refractivity contribution in [3.8, 4) is 0 Å². The summed E-state index contributed by atoms with van der Waals surface area (Å²) in [5.41, 5.74) is 0.825. The van der Waals surface area contributed by atoms with Crippen LogP contribution in [0.5, 0.6) is 0 Å². The molecule has 1 unspecified atom stereocenters. The van der Waals surface area contributed by atoms with Crippen LogP contribution in [0.4, 0.5) is 0 Å². The van der Waals surface area contributed by atoms with Gasteiger partial charge in [0, 0.05) is 6.61 Å². The summed E-state index contributed by atoms with van der Waals surface area (Å²) in [6, 6.07) is 0. The van der Waals surface area contributed by atoms with Gasteiger partial charge in [-0.2, -0.15) is 0 Å². The van der Waals surface area contributed by atoms with Gasteiger partial charge < -0.3 is 4.74 Å². The second-order valence-corrected chi connectivity index (χ2v) is 6.92. The van der Waals surface area contributed by atoms with Crippen LogP contribution in [0.25, 0.3) is 0 Å². The predicted molar refractivity (Wildman–Crippen MR) is 68.5 cm³/mol. The van der Waals surface area contributed by atoms with Crippen LogP contribution in [0.15, 0.2) is 0 Å². The van der Waals surface area contributed by atoms with Crippen molar-refractivity contribution >= 4 is 0 Å².